The van der Waals surface area contributed by atoms with Crippen LogP contribution in [0.25, 0.3) is 6.08 Å². The van der Waals surface area contributed by atoms with Crippen LogP contribution >= 0.6 is 0 Å². The van der Waals surface area contributed by atoms with Gasteiger partial charge in [-0.3, -0.25) is 14.9 Å². The van der Waals surface area contributed by atoms with E-state index in [-0.39, 0.29) is 17.0 Å². The normalized spacial score (nSPS) is 10.4. The van der Waals surface area contributed by atoms with Gasteiger partial charge in [-0.25, -0.2) is 0 Å². The molecular formula is C18H15NO4. The molecule has 2 rings (SSSR count). The molecule has 0 unspecified atom stereocenters. The van der Waals surface area contributed by atoms with Crippen molar-refractivity contribution in [2.24, 2.45) is 0 Å². The second kappa shape index (κ2) is 7.70. The Morgan fingerprint density at radius 1 is 1.22 bits per heavy atom. The molecule has 0 aliphatic heterocycles. The Morgan fingerprint density at radius 2 is 2.00 bits per heavy atom. The summed E-state index contributed by atoms with van der Waals surface area (Å²) in [7, 11) is 0. The van der Waals surface area contributed by atoms with Crippen molar-refractivity contribution in [2.45, 2.75) is 0 Å². The molecule has 0 aliphatic carbocycles. The molecule has 0 amide bonds. The second-order valence-corrected chi connectivity index (χ2v) is 4.64. The lowest BCUT2D eigenvalue weighted by Crippen LogP contribution is -1.97. The molecule has 23 heavy (non-hydrogen) atoms. The Hall–Kier alpha value is -3.21. The van der Waals surface area contributed by atoms with Gasteiger partial charge in [-0.1, -0.05) is 43.0 Å². The molecule has 116 valence electrons. The summed E-state index contributed by atoms with van der Waals surface area (Å²) in [6.07, 6.45) is 4.63. The van der Waals surface area contributed by atoms with E-state index in [0.29, 0.717) is 12.4 Å². The van der Waals surface area contributed by atoms with E-state index in [1.54, 1.807) is 24.3 Å². The highest BCUT2D eigenvalue weighted by molar-refractivity contribution is 6.07. The molecule has 0 radical (unpaired) electrons. The molecule has 5 heteroatoms. The molecule has 0 heterocycles. The van der Waals surface area contributed by atoms with Crippen molar-refractivity contribution in [1.29, 1.82) is 0 Å². The summed E-state index contributed by atoms with van der Waals surface area (Å²) >= 11 is 0. The van der Waals surface area contributed by atoms with Gasteiger partial charge in [-0.05, 0) is 18.2 Å². The van der Waals surface area contributed by atoms with E-state index in [9.17, 15) is 14.9 Å². The second-order valence-electron chi connectivity index (χ2n) is 4.64. The van der Waals surface area contributed by atoms with Crippen molar-refractivity contribution < 1.29 is 14.5 Å². The van der Waals surface area contributed by atoms with Crippen molar-refractivity contribution >= 4 is 17.5 Å². The minimum atomic E-state index is -0.529. The molecule has 5 nitrogen and oxygen atoms in total. The molecule has 0 N–H and O–H groups in total. The summed E-state index contributed by atoms with van der Waals surface area (Å²) < 4.78 is 5.50. The number of allylic oxidation sites excluding steroid dienone is 1. The van der Waals surface area contributed by atoms with Crippen LogP contribution in [0, 0.1) is 10.1 Å². The summed E-state index contributed by atoms with van der Waals surface area (Å²) in [5.74, 6) is 0.322. The first kappa shape index (κ1) is 16.2. The molecule has 0 saturated heterocycles. The third kappa shape index (κ3) is 4.38. The van der Waals surface area contributed by atoms with Gasteiger partial charge in [0, 0.05) is 23.3 Å². The van der Waals surface area contributed by atoms with Gasteiger partial charge in [0.25, 0.3) is 5.69 Å². The molecule has 0 aliphatic rings. The molecular weight excluding hydrogens is 294 g/mol. The fourth-order valence-electron chi connectivity index (χ4n) is 1.93. The monoisotopic (exact) mass is 309 g/mol. The van der Waals surface area contributed by atoms with Gasteiger partial charge >= 0.3 is 0 Å². The maximum Gasteiger partial charge on any atom is 0.270 e. The summed E-state index contributed by atoms with van der Waals surface area (Å²) in [4.78, 5) is 22.4. The van der Waals surface area contributed by atoms with Crippen molar-refractivity contribution in [3.8, 4) is 5.75 Å². The minimum absolute atomic E-state index is 0.112. The zero-order valence-electron chi connectivity index (χ0n) is 12.3. The van der Waals surface area contributed by atoms with Crippen molar-refractivity contribution in [1.82, 2.24) is 0 Å². The van der Waals surface area contributed by atoms with Crippen LogP contribution < -0.4 is 4.74 Å². The number of hydrogen-bond donors (Lipinski definition) is 0. The molecule has 0 saturated carbocycles. The maximum atomic E-state index is 12.2. The van der Waals surface area contributed by atoms with Crippen LogP contribution in [-0.4, -0.2) is 17.3 Å². The number of benzene rings is 2. The summed E-state index contributed by atoms with van der Waals surface area (Å²) in [5.41, 5.74) is 0.895. The number of non-ortho nitro benzene ring substituents is 1. The number of rotatable bonds is 7. The summed E-state index contributed by atoms with van der Waals surface area (Å²) in [5, 5.41) is 10.8. The number of ketones is 1. The number of nitro groups is 1. The molecule has 2 aromatic carbocycles. The number of carbonyl (C=O) groups excluding carboxylic acids is 1. The molecule has 0 bridgehead atoms. The standard InChI is InChI=1S/C18H15NO4/c1-2-12-23-18-9-4-3-6-14(18)10-11-17(20)15-7-5-8-16(13-15)19(21)22/h2-11,13H,1,12H2/b11-10+. The van der Waals surface area contributed by atoms with Gasteiger partial charge in [-0.2, -0.15) is 0 Å². The van der Waals surface area contributed by atoms with Crippen LogP contribution in [0.15, 0.2) is 67.3 Å². The van der Waals surface area contributed by atoms with Crippen LogP contribution in [-0.2, 0) is 0 Å². The fourth-order valence-corrected chi connectivity index (χ4v) is 1.93. The first-order valence-electron chi connectivity index (χ1n) is 6.91. The average molecular weight is 309 g/mol. The van der Waals surface area contributed by atoms with Crippen molar-refractivity contribution in [3.63, 3.8) is 0 Å². The predicted octanol–water partition coefficient (Wildman–Crippen LogP) is 4.06. The average Bonchev–Trinajstić information content (AvgIpc) is 2.58. The van der Waals surface area contributed by atoms with E-state index in [0.717, 1.165) is 5.56 Å². The largest absolute Gasteiger partial charge is 0.489 e. The van der Waals surface area contributed by atoms with Gasteiger partial charge in [0.1, 0.15) is 12.4 Å². The number of carbonyl (C=O) groups is 1. The van der Waals surface area contributed by atoms with Gasteiger partial charge in [-0.15, -0.1) is 0 Å². The topological polar surface area (TPSA) is 69.4 Å². The first-order valence-corrected chi connectivity index (χ1v) is 6.91. The van der Waals surface area contributed by atoms with Crippen LogP contribution in [0.4, 0.5) is 5.69 Å². The van der Waals surface area contributed by atoms with E-state index in [2.05, 4.69) is 6.58 Å². The van der Waals surface area contributed by atoms with E-state index < -0.39 is 4.92 Å². The number of nitrogens with zero attached hydrogens (tertiary/aromatic N) is 1. The van der Waals surface area contributed by atoms with Gasteiger partial charge in [0.2, 0.25) is 0 Å². The van der Waals surface area contributed by atoms with Crippen molar-refractivity contribution in [2.75, 3.05) is 6.61 Å². The smallest absolute Gasteiger partial charge is 0.270 e. The predicted molar refractivity (Wildman–Crippen MR) is 88.6 cm³/mol. The highest BCUT2D eigenvalue weighted by Gasteiger charge is 2.09. The van der Waals surface area contributed by atoms with E-state index in [1.165, 1.54) is 24.3 Å². The molecule has 2 aromatic rings. The van der Waals surface area contributed by atoms with Crippen LogP contribution in [0.2, 0.25) is 0 Å². The third-order valence-electron chi connectivity index (χ3n) is 3.03. The summed E-state index contributed by atoms with van der Waals surface area (Å²) in [6.45, 7) is 3.95. The van der Waals surface area contributed by atoms with Gasteiger partial charge in [0.15, 0.2) is 5.78 Å². The number of hydrogen-bond acceptors (Lipinski definition) is 4. The fraction of sp³-hybridized carbons (Fsp3) is 0.0556. The minimum Gasteiger partial charge on any atom is -0.489 e. The van der Waals surface area contributed by atoms with Crippen LogP contribution in [0.5, 0.6) is 5.75 Å². The zero-order valence-corrected chi connectivity index (χ0v) is 12.3. The van der Waals surface area contributed by atoms with Gasteiger partial charge in [0.05, 0.1) is 4.92 Å². The highest BCUT2D eigenvalue weighted by atomic mass is 16.6. The Bertz CT molecular complexity index is 765. The number of nitro benzene ring substituents is 1. The van der Waals surface area contributed by atoms with Crippen LogP contribution in [0.1, 0.15) is 15.9 Å². The quantitative estimate of drug-likeness (QED) is 0.254. The Morgan fingerprint density at radius 3 is 2.74 bits per heavy atom. The lowest BCUT2D eigenvalue weighted by atomic mass is 10.1. The SMILES string of the molecule is C=CCOc1ccccc1/C=C/C(=O)c1cccc([N+](=O)[O-])c1. The van der Waals surface area contributed by atoms with Crippen molar-refractivity contribution in [3.05, 3.63) is 88.5 Å². The number of para-hydroxylation sites is 1. The lowest BCUT2D eigenvalue weighted by Gasteiger charge is -2.06. The molecule has 0 aromatic heterocycles. The van der Waals surface area contributed by atoms with Crippen LogP contribution in [0.3, 0.4) is 0 Å². The van der Waals surface area contributed by atoms with Gasteiger partial charge < -0.3 is 4.74 Å². The number of ether oxygens (including phenoxy) is 1. The third-order valence-corrected chi connectivity index (χ3v) is 3.03. The highest BCUT2D eigenvalue weighted by Crippen LogP contribution is 2.20. The summed E-state index contributed by atoms with van der Waals surface area (Å²) in [6, 6.07) is 12.9. The van der Waals surface area contributed by atoms with E-state index in [4.69, 9.17) is 4.74 Å². The lowest BCUT2D eigenvalue weighted by molar-refractivity contribution is -0.384. The van der Waals surface area contributed by atoms with E-state index in [1.807, 2.05) is 18.2 Å². The Balaban J connectivity index is 2.20. The zero-order chi connectivity index (χ0) is 16.7. The Kier molecular flexibility index (Phi) is 5.41. The Labute approximate surface area is 133 Å². The maximum absolute atomic E-state index is 12.2. The molecule has 0 fully saturated rings. The first-order chi connectivity index (χ1) is 11.1. The molecule has 0 atom stereocenters. The molecule has 0 spiro atoms. The van der Waals surface area contributed by atoms with E-state index >= 15 is 0 Å².